The summed E-state index contributed by atoms with van der Waals surface area (Å²) in [6, 6.07) is 0.960. The highest BCUT2D eigenvalue weighted by Gasteiger charge is 2.37. The fourth-order valence-corrected chi connectivity index (χ4v) is 3.41. The van der Waals surface area contributed by atoms with Crippen molar-refractivity contribution < 1.29 is 23.1 Å². The van der Waals surface area contributed by atoms with E-state index in [0.717, 1.165) is 18.9 Å². The number of nitrogens with two attached hydrogens (primary N) is 1. The Morgan fingerprint density at radius 2 is 1.89 bits per heavy atom. The van der Waals surface area contributed by atoms with Crippen molar-refractivity contribution in [3.63, 3.8) is 0 Å². The van der Waals surface area contributed by atoms with Gasteiger partial charge in [0.1, 0.15) is 11.4 Å². The highest BCUT2D eigenvalue weighted by atomic mass is 19.1. The van der Waals surface area contributed by atoms with E-state index < -0.39 is 17.7 Å². The van der Waals surface area contributed by atoms with Crippen LogP contribution in [0.2, 0.25) is 0 Å². The normalized spacial score (nSPS) is 17.0. The van der Waals surface area contributed by atoms with Gasteiger partial charge in [0.2, 0.25) is 5.91 Å². The van der Waals surface area contributed by atoms with Gasteiger partial charge >= 0.3 is 6.09 Å². The number of halogens is 2. The van der Waals surface area contributed by atoms with Gasteiger partial charge in [-0.2, -0.15) is 0 Å². The second kappa shape index (κ2) is 7.58. The van der Waals surface area contributed by atoms with Crippen LogP contribution >= 0.6 is 0 Å². The number of piperazine rings is 1. The van der Waals surface area contributed by atoms with Crippen molar-refractivity contribution in [2.75, 3.05) is 48.3 Å². The molecule has 2 aliphatic rings. The monoisotopic (exact) mass is 382 g/mol. The van der Waals surface area contributed by atoms with E-state index in [-0.39, 0.29) is 61.8 Å². The van der Waals surface area contributed by atoms with Crippen LogP contribution in [0.4, 0.5) is 30.6 Å². The van der Waals surface area contributed by atoms with Gasteiger partial charge in [0.05, 0.1) is 12.3 Å². The summed E-state index contributed by atoms with van der Waals surface area (Å²) >= 11 is 0. The number of carbonyl (C=O) groups excluding carboxylic acids is 2. The van der Waals surface area contributed by atoms with Crippen LogP contribution in [-0.2, 0) is 9.53 Å². The minimum atomic E-state index is -0.834. The van der Waals surface area contributed by atoms with E-state index in [2.05, 4.69) is 0 Å². The summed E-state index contributed by atoms with van der Waals surface area (Å²) in [5, 5.41) is 0. The lowest BCUT2D eigenvalue weighted by atomic mass is 10.1. The maximum Gasteiger partial charge on any atom is 0.409 e. The molecule has 2 N–H and O–H groups in total. The molecule has 1 aromatic rings. The first-order valence-corrected chi connectivity index (χ1v) is 9.09. The minimum Gasteiger partial charge on any atom is -0.450 e. The summed E-state index contributed by atoms with van der Waals surface area (Å²) in [5.41, 5.74) is 5.49. The number of carbonyl (C=O) groups is 2. The molecule has 1 aliphatic heterocycles. The molecule has 0 unspecified atom stereocenters. The van der Waals surface area contributed by atoms with Crippen molar-refractivity contribution in [3.05, 3.63) is 17.7 Å². The molecule has 9 heteroatoms. The first kappa shape index (κ1) is 19.2. The fourth-order valence-electron chi connectivity index (χ4n) is 3.41. The Morgan fingerprint density at radius 1 is 1.26 bits per heavy atom. The van der Waals surface area contributed by atoms with Crippen LogP contribution in [-0.4, -0.2) is 55.7 Å². The number of anilines is 3. The fraction of sp³-hybridized carbons (Fsp3) is 0.556. The minimum absolute atomic E-state index is 0.0609. The van der Waals surface area contributed by atoms with E-state index in [1.807, 2.05) is 0 Å². The molecule has 1 heterocycles. The largest absolute Gasteiger partial charge is 0.450 e. The Morgan fingerprint density at radius 3 is 2.41 bits per heavy atom. The third-order valence-electron chi connectivity index (χ3n) is 4.81. The van der Waals surface area contributed by atoms with Gasteiger partial charge in [-0.3, -0.25) is 4.79 Å². The predicted octanol–water partition coefficient (Wildman–Crippen LogP) is 2.34. The highest BCUT2D eigenvalue weighted by Crippen LogP contribution is 2.41. The number of ether oxygens (including phenoxy) is 1. The summed E-state index contributed by atoms with van der Waals surface area (Å²) in [6.45, 7) is 4.41. The van der Waals surface area contributed by atoms with Crippen LogP contribution < -0.4 is 15.5 Å². The Balaban J connectivity index is 1.87. The third kappa shape index (κ3) is 3.77. The van der Waals surface area contributed by atoms with E-state index in [4.69, 9.17) is 10.5 Å². The molecular weight excluding hydrogens is 358 g/mol. The molecule has 2 fully saturated rings. The van der Waals surface area contributed by atoms with Crippen LogP contribution in [0.15, 0.2) is 6.07 Å². The van der Waals surface area contributed by atoms with E-state index in [0.29, 0.717) is 0 Å². The second-order valence-electron chi connectivity index (χ2n) is 6.75. The Kier molecular flexibility index (Phi) is 5.38. The summed E-state index contributed by atoms with van der Waals surface area (Å²) < 4.78 is 34.8. The topological polar surface area (TPSA) is 79.1 Å². The first-order valence-electron chi connectivity index (χ1n) is 9.09. The van der Waals surface area contributed by atoms with Crippen LogP contribution in [0, 0.1) is 11.6 Å². The van der Waals surface area contributed by atoms with Gasteiger partial charge in [-0.15, -0.1) is 0 Å². The van der Waals surface area contributed by atoms with Crippen molar-refractivity contribution in [2.24, 2.45) is 0 Å². The lowest BCUT2D eigenvalue weighted by Crippen LogP contribution is -2.49. The number of benzene rings is 1. The van der Waals surface area contributed by atoms with E-state index >= 15 is 4.39 Å². The van der Waals surface area contributed by atoms with Crippen LogP contribution in [0.5, 0.6) is 0 Å². The van der Waals surface area contributed by atoms with Gasteiger partial charge in [-0.25, -0.2) is 13.6 Å². The number of amides is 2. The van der Waals surface area contributed by atoms with Gasteiger partial charge in [0, 0.05) is 45.2 Å². The molecular formula is C18H24F2N4O3. The molecule has 27 heavy (non-hydrogen) atoms. The van der Waals surface area contributed by atoms with Gasteiger partial charge < -0.3 is 25.2 Å². The quantitative estimate of drug-likeness (QED) is 0.809. The molecule has 2 amide bonds. The highest BCUT2D eigenvalue weighted by molar-refractivity contribution is 5.97. The van der Waals surface area contributed by atoms with Gasteiger partial charge in [-0.1, -0.05) is 0 Å². The Hall–Kier alpha value is -2.58. The number of hydrogen-bond donors (Lipinski definition) is 1. The molecule has 0 bridgehead atoms. The zero-order valence-corrected chi connectivity index (χ0v) is 15.5. The molecule has 0 spiro atoms. The van der Waals surface area contributed by atoms with Crippen LogP contribution in [0.25, 0.3) is 0 Å². The van der Waals surface area contributed by atoms with E-state index in [1.54, 1.807) is 6.92 Å². The Labute approximate surface area is 156 Å². The van der Waals surface area contributed by atoms with Gasteiger partial charge in [-0.05, 0) is 19.8 Å². The van der Waals surface area contributed by atoms with Crippen LogP contribution in [0.3, 0.4) is 0 Å². The number of rotatable bonds is 4. The summed E-state index contributed by atoms with van der Waals surface area (Å²) in [7, 11) is 0. The van der Waals surface area contributed by atoms with Gasteiger partial charge in [0.15, 0.2) is 11.6 Å². The number of nitrogen functional groups attached to an aromatic ring is 1. The van der Waals surface area contributed by atoms with Gasteiger partial charge in [0.25, 0.3) is 0 Å². The third-order valence-corrected chi connectivity index (χ3v) is 4.81. The summed E-state index contributed by atoms with van der Waals surface area (Å²) in [4.78, 5) is 28.2. The molecule has 1 saturated carbocycles. The lowest BCUT2D eigenvalue weighted by Gasteiger charge is -2.36. The molecule has 1 aromatic carbocycles. The molecule has 0 atom stereocenters. The van der Waals surface area contributed by atoms with Crippen LogP contribution in [0.1, 0.15) is 26.7 Å². The maximum atomic E-state index is 15.3. The number of nitrogens with zero attached hydrogens (tertiary/aromatic N) is 3. The maximum absolute atomic E-state index is 15.3. The van der Waals surface area contributed by atoms with Crippen molar-refractivity contribution in [1.29, 1.82) is 0 Å². The lowest BCUT2D eigenvalue weighted by molar-refractivity contribution is -0.116. The zero-order valence-electron chi connectivity index (χ0n) is 15.5. The Bertz CT molecular complexity index is 747. The van der Waals surface area contributed by atoms with Crippen molar-refractivity contribution in [1.82, 2.24) is 4.90 Å². The first-order chi connectivity index (χ1) is 12.8. The molecule has 1 saturated heterocycles. The SMILES string of the molecule is CCOC(=O)N1CCN(c2c(F)cc(N)c(N(C(C)=O)C3CC3)c2F)CC1. The van der Waals surface area contributed by atoms with Crippen molar-refractivity contribution in [3.8, 4) is 0 Å². The average molecular weight is 382 g/mol. The summed E-state index contributed by atoms with van der Waals surface area (Å²) in [6.07, 6.45) is 1.10. The molecule has 148 valence electrons. The summed E-state index contributed by atoms with van der Waals surface area (Å²) in [5.74, 6) is -1.94. The zero-order chi connectivity index (χ0) is 19.7. The molecule has 0 radical (unpaired) electrons. The molecule has 3 rings (SSSR count). The standard InChI is InChI=1S/C18H24F2N4O3/c1-3-27-18(26)23-8-6-22(7-9-23)16-13(19)10-14(21)17(15(16)20)24(11(2)25)12-4-5-12/h10,12H,3-9,21H2,1-2H3. The molecule has 0 aromatic heterocycles. The molecule has 1 aliphatic carbocycles. The second-order valence-corrected chi connectivity index (χ2v) is 6.75. The van der Waals surface area contributed by atoms with E-state index in [1.165, 1.54) is 21.6 Å². The predicted molar refractivity (Wildman–Crippen MR) is 97.8 cm³/mol. The van der Waals surface area contributed by atoms with Crippen molar-refractivity contribution in [2.45, 2.75) is 32.7 Å². The number of hydrogen-bond acceptors (Lipinski definition) is 5. The average Bonchev–Trinajstić information content (AvgIpc) is 3.43. The smallest absolute Gasteiger partial charge is 0.409 e. The van der Waals surface area contributed by atoms with E-state index in [9.17, 15) is 14.0 Å². The van der Waals surface area contributed by atoms with Crippen molar-refractivity contribution >= 4 is 29.1 Å². The molecule has 7 nitrogen and oxygen atoms in total.